The number of aliphatic hydroxyl groups is 3. The summed E-state index contributed by atoms with van der Waals surface area (Å²) in [5.74, 6) is 0.674. The normalized spacial score (nSPS) is 34.2. The summed E-state index contributed by atoms with van der Waals surface area (Å²) >= 11 is 0. The van der Waals surface area contributed by atoms with Crippen LogP contribution in [0.25, 0.3) is 0 Å². The summed E-state index contributed by atoms with van der Waals surface area (Å²) in [7, 11) is 3.06. The molecule has 39 heavy (non-hydrogen) atoms. The van der Waals surface area contributed by atoms with Crippen molar-refractivity contribution in [2.24, 2.45) is 22.7 Å². The zero-order valence-corrected chi connectivity index (χ0v) is 23.5. The average Bonchev–Trinajstić information content (AvgIpc) is 3.41. The number of carbonyl (C=O) groups excluding carboxylic acids is 2. The number of rotatable bonds is 8. The molecule has 10 heteroatoms. The van der Waals surface area contributed by atoms with Gasteiger partial charge >= 0.3 is 6.09 Å². The summed E-state index contributed by atoms with van der Waals surface area (Å²) in [6.45, 7) is 4.45. The molecule has 2 amide bonds. The van der Waals surface area contributed by atoms with E-state index in [0.717, 1.165) is 12.8 Å². The van der Waals surface area contributed by atoms with Gasteiger partial charge in [-0.25, -0.2) is 4.79 Å². The van der Waals surface area contributed by atoms with Gasteiger partial charge in [-0.3, -0.25) is 10.1 Å². The van der Waals surface area contributed by atoms with Crippen molar-refractivity contribution in [3.63, 3.8) is 0 Å². The van der Waals surface area contributed by atoms with E-state index < -0.39 is 29.1 Å². The zero-order chi connectivity index (χ0) is 28.4. The maximum atomic E-state index is 13.3. The van der Waals surface area contributed by atoms with Gasteiger partial charge in [-0.05, 0) is 55.8 Å². The number of nitrogens with zero attached hydrogens (tertiary/aromatic N) is 1. The van der Waals surface area contributed by atoms with Crippen molar-refractivity contribution >= 4 is 17.7 Å². The summed E-state index contributed by atoms with van der Waals surface area (Å²) < 4.78 is 16.5. The van der Waals surface area contributed by atoms with Crippen LogP contribution in [0.15, 0.2) is 18.2 Å². The lowest BCUT2D eigenvalue weighted by Gasteiger charge is -2.60. The van der Waals surface area contributed by atoms with Gasteiger partial charge < -0.3 is 34.4 Å². The summed E-state index contributed by atoms with van der Waals surface area (Å²) in [6, 6.07) is 4.88. The highest BCUT2D eigenvalue weighted by Crippen LogP contribution is 2.61. The molecule has 3 aliphatic rings. The molecule has 1 aromatic carbocycles. The van der Waals surface area contributed by atoms with E-state index in [1.54, 1.807) is 23.1 Å². The van der Waals surface area contributed by atoms with Gasteiger partial charge in [-0.15, -0.1) is 0 Å². The molecule has 7 atom stereocenters. The number of anilines is 1. The van der Waals surface area contributed by atoms with Gasteiger partial charge in [0.15, 0.2) is 0 Å². The Kier molecular flexibility index (Phi) is 8.98. The van der Waals surface area contributed by atoms with Crippen LogP contribution in [0.4, 0.5) is 10.5 Å². The lowest BCUT2D eigenvalue weighted by Crippen LogP contribution is -2.61. The largest absolute Gasteiger partial charge is 0.497 e. The molecule has 1 aliphatic heterocycles. The highest BCUT2D eigenvalue weighted by Gasteiger charge is 2.60. The van der Waals surface area contributed by atoms with Gasteiger partial charge in [0.05, 0.1) is 45.3 Å². The maximum absolute atomic E-state index is 13.3. The van der Waals surface area contributed by atoms with E-state index in [1.165, 1.54) is 14.2 Å². The van der Waals surface area contributed by atoms with Crippen LogP contribution in [-0.4, -0.2) is 84.4 Å². The maximum Gasteiger partial charge on any atom is 0.411 e. The Labute approximate surface area is 230 Å². The number of hydrogen-bond donors (Lipinski definition) is 4. The van der Waals surface area contributed by atoms with Crippen molar-refractivity contribution in [3.05, 3.63) is 18.2 Å². The summed E-state index contributed by atoms with van der Waals surface area (Å²) in [5, 5.41) is 34.2. The second-order valence-corrected chi connectivity index (χ2v) is 11.9. The molecule has 1 unspecified atom stereocenters. The van der Waals surface area contributed by atoms with Gasteiger partial charge in [0.2, 0.25) is 5.91 Å². The third kappa shape index (κ3) is 5.69. The second kappa shape index (κ2) is 11.9. The van der Waals surface area contributed by atoms with E-state index in [1.807, 2.05) is 6.92 Å². The van der Waals surface area contributed by atoms with Crippen LogP contribution in [0.3, 0.4) is 0 Å². The number of benzene rings is 1. The fourth-order valence-corrected chi connectivity index (χ4v) is 7.60. The molecule has 1 heterocycles. The summed E-state index contributed by atoms with van der Waals surface area (Å²) in [6.07, 6.45) is 2.39. The van der Waals surface area contributed by atoms with Gasteiger partial charge in [0.25, 0.3) is 0 Å². The first-order chi connectivity index (χ1) is 18.6. The van der Waals surface area contributed by atoms with E-state index in [4.69, 9.17) is 14.2 Å². The van der Waals surface area contributed by atoms with Crippen molar-refractivity contribution < 1.29 is 39.1 Å². The first-order valence-corrected chi connectivity index (χ1v) is 14.0. The Morgan fingerprint density at radius 3 is 2.36 bits per heavy atom. The zero-order valence-electron chi connectivity index (χ0n) is 23.5. The minimum Gasteiger partial charge on any atom is -0.497 e. The molecular formula is C29H44N2O8. The van der Waals surface area contributed by atoms with Gasteiger partial charge in [0.1, 0.15) is 17.6 Å². The number of aliphatic hydroxyl groups excluding tert-OH is 3. The molecule has 0 spiro atoms. The molecular weight excluding hydrogens is 504 g/mol. The number of ether oxygens (including phenoxy) is 3. The van der Waals surface area contributed by atoms with Crippen LogP contribution in [0.5, 0.6) is 11.5 Å². The average molecular weight is 549 g/mol. The first kappa shape index (κ1) is 29.4. The minimum absolute atomic E-state index is 0.0327. The van der Waals surface area contributed by atoms with Crippen LogP contribution in [-0.2, 0) is 9.53 Å². The standard InChI is InChI=1S/C29H44N2O8/c1-28-10-9-25(39-27(36)30-18-12-20(37-3)14-21(13-18)38-4)29(2,17-33)24(28)8-7-23(34)22(28)15-26(35)31-11-5-6-19(31)16-32/h12-14,19,22-25,32-34H,5-11,15-17H2,1-4H3,(H,30,36)/t19-,22+,23+,24?,25+,28-,29-/m0/s1. The molecule has 218 valence electrons. The Hall–Kier alpha value is -2.56. The minimum atomic E-state index is -0.751. The van der Waals surface area contributed by atoms with E-state index in [-0.39, 0.29) is 43.4 Å². The van der Waals surface area contributed by atoms with E-state index in [9.17, 15) is 24.9 Å². The second-order valence-electron chi connectivity index (χ2n) is 11.9. The highest BCUT2D eigenvalue weighted by atomic mass is 16.6. The van der Waals surface area contributed by atoms with Crippen molar-refractivity contribution in [1.29, 1.82) is 0 Å². The topological polar surface area (TPSA) is 138 Å². The van der Waals surface area contributed by atoms with E-state index >= 15 is 0 Å². The van der Waals surface area contributed by atoms with Crippen molar-refractivity contribution in [2.45, 2.75) is 77.0 Å². The van der Waals surface area contributed by atoms with Crippen molar-refractivity contribution in [3.8, 4) is 11.5 Å². The van der Waals surface area contributed by atoms with Crippen molar-refractivity contribution in [2.75, 3.05) is 39.3 Å². The molecule has 10 nitrogen and oxygen atoms in total. The predicted molar refractivity (Wildman–Crippen MR) is 145 cm³/mol. The number of carbonyl (C=O) groups is 2. The molecule has 1 saturated heterocycles. The van der Waals surface area contributed by atoms with Crippen LogP contribution >= 0.6 is 0 Å². The fourth-order valence-electron chi connectivity index (χ4n) is 7.60. The van der Waals surface area contributed by atoms with E-state index in [2.05, 4.69) is 12.2 Å². The number of nitrogens with one attached hydrogen (secondary N) is 1. The monoisotopic (exact) mass is 548 g/mol. The summed E-state index contributed by atoms with van der Waals surface area (Å²) in [5.41, 5.74) is -0.709. The Bertz CT molecular complexity index is 1010. The van der Waals surface area contributed by atoms with Crippen LogP contribution in [0, 0.1) is 22.7 Å². The molecule has 0 bridgehead atoms. The smallest absolute Gasteiger partial charge is 0.411 e. The van der Waals surface area contributed by atoms with Crippen LogP contribution < -0.4 is 14.8 Å². The fraction of sp³-hybridized carbons (Fsp3) is 0.724. The van der Waals surface area contributed by atoms with Gasteiger partial charge in [-0.2, -0.15) is 0 Å². The molecule has 3 fully saturated rings. The highest BCUT2D eigenvalue weighted by molar-refractivity contribution is 5.85. The van der Waals surface area contributed by atoms with Crippen LogP contribution in [0.2, 0.25) is 0 Å². The molecule has 4 N–H and O–H groups in total. The molecule has 2 aliphatic carbocycles. The quantitative estimate of drug-likeness (QED) is 0.389. The lowest BCUT2D eigenvalue weighted by molar-refractivity contribution is -0.186. The number of methoxy groups -OCH3 is 2. The Morgan fingerprint density at radius 1 is 1.05 bits per heavy atom. The SMILES string of the molecule is COc1cc(NC(=O)O[C@@H]2CC[C@]3(C)C(CC[C@@H](O)[C@H]3CC(=O)N3CCC[C@H]3CO)[C@]2(C)CO)cc(OC)c1. The molecule has 0 radical (unpaired) electrons. The number of likely N-dealkylation sites (tertiary alicyclic amines) is 1. The molecule has 4 rings (SSSR count). The van der Waals surface area contributed by atoms with Gasteiger partial charge in [0, 0.05) is 36.6 Å². The Balaban J connectivity index is 1.50. The molecule has 2 saturated carbocycles. The number of fused-ring (bicyclic) bond motifs is 1. The molecule has 1 aromatic rings. The third-order valence-electron chi connectivity index (χ3n) is 9.83. The third-order valence-corrected chi connectivity index (χ3v) is 9.83. The number of hydrogen-bond acceptors (Lipinski definition) is 8. The predicted octanol–water partition coefficient (Wildman–Crippen LogP) is 3.18. The molecule has 0 aromatic heterocycles. The van der Waals surface area contributed by atoms with Crippen LogP contribution in [0.1, 0.15) is 58.8 Å². The lowest BCUT2D eigenvalue weighted by atomic mass is 9.46. The van der Waals surface area contributed by atoms with Gasteiger partial charge in [-0.1, -0.05) is 13.8 Å². The first-order valence-electron chi connectivity index (χ1n) is 14.0. The summed E-state index contributed by atoms with van der Waals surface area (Å²) in [4.78, 5) is 28.1. The van der Waals surface area contributed by atoms with E-state index in [0.29, 0.717) is 49.4 Å². The Morgan fingerprint density at radius 2 is 1.74 bits per heavy atom. The van der Waals surface area contributed by atoms with Crippen molar-refractivity contribution in [1.82, 2.24) is 4.90 Å². The number of amides is 2.